The van der Waals surface area contributed by atoms with Crippen LogP contribution in [0.15, 0.2) is 0 Å². The summed E-state index contributed by atoms with van der Waals surface area (Å²) in [5.41, 5.74) is -1.59. The van der Waals surface area contributed by atoms with Gasteiger partial charge in [-0.3, -0.25) is 4.79 Å². The second-order valence-electron chi connectivity index (χ2n) is 5.80. The third-order valence-corrected chi connectivity index (χ3v) is 4.07. The molecule has 0 aromatic heterocycles. The number of amides is 1. The Morgan fingerprint density at radius 2 is 2.05 bits per heavy atom. The average Bonchev–Trinajstić information content (AvgIpc) is 2.79. The van der Waals surface area contributed by atoms with Crippen molar-refractivity contribution in [3.8, 4) is 0 Å². The van der Waals surface area contributed by atoms with Crippen LogP contribution in [0.5, 0.6) is 0 Å². The summed E-state index contributed by atoms with van der Waals surface area (Å²) in [5.74, 6) is -1.07. The molecule has 5 nitrogen and oxygen atoms in total. The molecule has 1 saturated heterocycles. The van der Waals surface area contributed by atoms with Gasteiger partial charge in [-0.05, 0) is 32.7 Å². The molecule has 19 heavy (non-hydrogen) atoms. The largest absolute Gasteiger partial charge is 0.480 e. The van der Waals surface area contributed by atoms with E-state index in [0.717, 1.165) is 32.2 Å². The highest BCUT2D eigenvalue weighted by atomic mass is 16.4. The average molecular weight is 270 g/mol. The van der Waals surface area contributed by atoms with Crippen molar-refractivity contribution < 1.29 is 14.7 Å². The van der Waals surface area contributed by atoms with Crippen LogP contribution in [-0.4, -0.2) is 35.6 Å². The van der Waals surface area contributed by atoms with Crippen molar-refractivity contribution in [3.63, 3.8) is 0 Å². The van der Waals surface area contributed by atoms with Crippen LogP contribution in [0.3, 0.4) is 0 Å². The molecule has 1 amide bonds. The number of hydrogen-bond acceptors (Lipinski definition) is 3. The minimum absolute atomic E-state index is 0.113. The molecule has 1 heterocycles. The Labute approximate surface area is 115 Å². The number of aliphatic carboxylic acids is 1. The fraction of sp³-hybridized carbons (Fsp3) is 0.857. The first-order valence-corrected chi connectivity index (χ1v) is 7.17. The second-order valence-corrected chi connectivity index (χ2v) is 5.80. The first-order chi connectivity index (χ1) is 8.90. The fourth-order valence-electron chi connectivity index (χ4n) is 2.85. The summed E-state index contributed by atoms with van der Waals surface area (Å²) in [6.45, 7) is 7.04. The van der Waals surface area contributed by atoms with E-state index in [-0.39, 0.29) is 5.91 Å². The Bertz CT molecular complexity index is 338. The van der Waals surface area contributed by atoms with Crippen LogP contribution in [0.25, 0.3) is 0 Å². The minimum atomic E-state index is -1.16. The highest BCUT2D eigenvalue weighted by Crippen LogP contribution is 2.32. The molecule has 0 bridgehead atoms. The standard InChI is InChI=1S/C14H26N2O3/c1-4-6-13(3,12(18)19)16-11(17)14(7-5-2)8-9-15-10-14/h15H,4-10H2,1-3H3,(H,16,17)(H,18,19). The monoisotopic (exact) mass is 270 g/mol. The van der Waals surface area contributed by atoms with Crippen LogP contribution in [-0.2, 0) is 9.59 Å². The zero-order valence-corrected chi connectivity index (χ0v) is 12.2. The Morgan fingerprint density at radius 3 is 2.47 bits per heavy atom. The van der Waals surface area contributed by atoms with Gasteiger partial charge in [0, 0.05) is 6.54 Å². The SMILES string of the molecule is CCCC1(C(=O)NC(C)(CCC)C(=O)O)CCNC1. The van der Waals surface area contributed by atoms with Gasteiger partial charge in [0.15, 0.2) is 0 Å². The highest BCUT2D eigenvalue weighted by molar-refractivity contribution is 5.90. The van der Waals surface area contributed by atoms with E-state index in [1.165, 1.54) is 0 Å². The summed E-state index contributed by atoms with van der Waals surface area (Å²) in [6, 6.07) is 0. The van der Waals surface area contributed by atoms with Crippen LogP contribution in [0, 0.1) is 5.41 Å². The molecular weight excluding hydrogens is 244 g/mol. The molecule has 1 aliphatic heterocycles. The van der Waals surface area contributed by atoms with Crippen molar-refractivity contribution in [3.05, 3.63) is 0 Å². The van der Waals surface area contributed by atoms with Gasteiger partial charge in [0.25, 0.3) is 0 Å². The fourth-order valence-corrected chi connectivity index (χ4v) is 2.85. The molecule has 0 aromatic carbocycles. The highest BCUT2D eigenvalue weighted by Gasteiger charge is 2.44. The van der Waals surface area contributed by atoms with Crippen molar-refractivity contribution in [2.45, 2.75) is 58.4 Å². The lowest BCUT2D eigenvalue weighted by atomic mass is 9.80. The van der Waals surface area contributed by atoms with Gasteiger partial charge in [0.1, 0.15) is 5.54 Å². The Kier molecular flexibility index (Phi) is 5.35. The third-order valence-electron chi connectivity index (χ3n) is 4.07. The number of nitrogens with one attached hydrogen (secondary N) is 2. The Balaban J connectivity index is 2.83. The number of carbonyl (C=O) groups excluding carboxylic acids is 1. The minimum Gasteiger partial charge on any atom is -0.480 e. The summed E-state index contributed by atoms with van der Waals surface area (Å²) >= 11 is 0. The van der Waals surface area contributed by atoms with Gasteiger partial charge in [0.05, 0.1) is 5.41 Å². The molecule has 5 heteroatoms. The van der Waals surface area contributed by atoms with Gasteiger partial charge < -0.3 is 15.7 Å². The molecular formula is C14H26N2O3. The lowest BCUT2D eigenvalue weighted by Gasteiger charge is -2.33. The van der Waals surface area contributed by atoms with Crippen molar-refractivity contribution in [2.75, 3.05) is 13.1 Å². The lowest BCUT2D eigenvalue weighted by molar-refractivity contribution is -0.149. The van der Waals surface area contributed by atoms with E-state index in [2.05, 4.69) is 17.6 Å². The van der Waals surface area contributed by atoms with Crippen LogP contribution < -0.4 is 10.6 Å². The van der Waals surface area contributed by atoms with Crippen molar-refractivity contribution >= 4 is 11.9 Å². The van der Waals surface area contributed by atoms with E-state index in [0.29, 0.717) is 13.0 Å². The predicted octanol–water partition coefficient (Wildman–Crippen LogP) is 1.53. The normalized spacial score (nSPS) is 25.8. The second kappa shape index (κ2) is 6.37. The van der Waals surface area contributed by atoms with Crippen LogP contribution in [0.2, 0.25) is 0 Å². The van der Waals surface area contributed by atoms with Crippen molar-refractivity contribution in [2.24, 2.45) is 5.41 Å². The number of rotatable bonds is 7. The molecule has 0 aliphatic carbocycles. The number of carboxylic acids is 1. The molecule has 1 fully saturated rings. The smallest absolute Gasteiger partial charge is 0.329 e. The van der Waals surface area contributed by atoms with Gasteiger partial charge >= 0.3 is 5.97 Å². The van der Waals surface area contributed by atoms with Crippen LogP contribution in [0.1, 0.15) is 52.9 Å². The van der Waals surface area contributed by atoms with Gasteiger partial charge in [-0.15, -0.1) is 0 Å². The van der Waals surface area contributed by atoms with E-state index in [1.807, 2.05) is 6.92 Å². The van der Waals surface area contributed by atoms with Gasteiger partial charge in [0.2, 0.25) is 5.91 Å². The maximum Gasteiger partial charge on any atom is 0.329 e. The maximum atomic E-state index is 12.5. The number of hydrogen-bond donors (Lipinski definition) is 3. The summed E-state index contributed by atoms with van der Waals surface area (Å²) in [4.78, 5) is 23.9. The molecule has 110 valence electrons. The zero-order chi connectivity index (χ0) is 14.5. The Morgan fingerprint density at radius 1 is 1.37 bits per heavy atom. The number of carboxylic acid groups (broad SMARTS) is 1. The summed E-state index contributed by atoms with van der Waals surface area (Å²) in [7, 11) is 0. The van der Waals surface area contributed by atoms with Crippen LogP contribution in [0.4, 0.5) is 0 Å². The molecule has 1 aliphatic rings. The molecule has 0 saturated carbocycles. The van der Waals surface area contributed by atoms with Gasteiger partial charge in [-0.1, -0.05) is 26.7 Å². The maximum absolute atomic E-state index is 12.5. The van der Waals surface area contributed by atoms with E-state index in [9.17, 15) is 14.7 Å². The molecule has 0 spiro atoms. The first-order valence-electron chi connectivity index (χ1n) is 7.17. The van der Waals surface area contributed by atoms with E-state index >= 15 is 0 Å². The molecule has 2 atom stereocenters. The Hall–Kier alpha value is -1.10. The topological polar surface area (TPSA) is 78.4 Å². The molecule has 1 rings (SSSR count). The van der Waals surface area contributed by atoms with Gasteiger partial charge in [-0.25, -0.2) is 4.79 Å². The van der Waals surface area contributed by atoms with E-state index < -0.39 is 16.9 Å². The van der Waals surface area contributed by atoms with E-state index in [4.69, 9.17) is 0 Å². The van der Waals surface area contributed by atoms with E-state index in [1.54, 1.807) is 6.92 Å². The van der Waals surface area contributed by atoms with Crippen molar-refractivity contribution in [1.29, 1.82) is 0 Å². The van der Waals surface area contributed by atoms with Gasteiger partial charge in [-0.2, -0.15) is 0 Å². The summed E-state index contributed by atoms with van der Waals surface area (Å²) < 4.78 is 0. The molecule has 2 unspecified atom stereocenters. The zero-order valence-electron chi connectivity index (χ0n) is 12.2. The molecule has 0 radical (unpaired) electrons. The summed E-state index contributed by atoms with van der Waals surface area (Å²) in [5, 5.41) is 15.3. The summed E-state index contributed by atoms with van der Waals surface area (Å²) in [6.07, 6.45) is 3.68. The molecule has 0 aromatic rings. The first kappa shape index (κ1) is 16.0. The lowest BCUT2D eigenvalue weighted by Crippen LogP contribution is -2.56. The third kappa shape index (κ3) is 3.47. The quantitative estimate of drug-likeness (QED) is 0.655. The molecule has 3 N–H and O–H groups in total. The predicted molar refractivity (Wildman–Crippen MR) is 73.9 cm³/mol. The number of carbonyl (C=O) groups is 2. The van der Waals surface area contributed by atoms with Crippen LogP contribution >= 0.6 is 0 Å². The van der Waals surface area contributed by atoms with Crippen molar-refractivity contribution in [1.82, 2.24) is 10.6 Å².